The van der Waals surface area contributed by atoms with Gasteiger partial charge in [-0.15, -0.1) is 5.10 Å². The first-order valence-electron chi connectivity index (χ1n) is 10.8. The van der Waals surface area contributed by atoms with Crippen LogP contribution in [0.15, 0.2) is 53.0 Å². The third-order valence-corrected chi connectivity index (χ3v) is 6.49. The molecule has 1 aliphatic carbocycles. The molecule has 1 N–H and O–H groups in total. The third-order valence-electron chi connectivity index (χ3n) is 5.99. The standard InChI is InChI=1S/C24H26BrN5O2/c1-16-22(27-28-30(16)21-10-6-7-18(25)15-21)23(31)26-19-13-11-17(12-14-19)24(32)29(2)20-8-4-3-5-9-20/h6-7,10-15,20H,3-5,8-9H2,1-2H3,(H,26,31). The lowest BCUT2D eigenvalue weighted by atomic mass is 9.94. The molecule has 0 bridgehead atoms. The number of aromatic nitrogens is 3. The molecular weight excluding hydrogens is 470 g/mol. The van der Waals surface area contributed by atoms with Gasteiger partial charge in [0.25, 0.3) is 11.8 Å². The van der Waals surface area contributed by atoms with Gasteiger partial charge in [0, 0.05) is 28.8 Å². The van der Waals surface area contributed by atoms with Gasteiger partial charge in [-0.2, -0.15) is 0 Å². The second-order valence-electron chi connectivity index (χ2n) is 8.15. The van der Waals surface area contributed by atoms with E-state index in [1.807, 2.05) is 36.2 Å². The van der Waals surface area contributed by atoms with Crippen LogP contribution in [-0.4, -0.2) is 44.8 Å². The lowest BCUT2D eigenvalue weighted by molar-refractivity contribution is 0.0696. The first-order valence-corrected chi connectivity index (χ1v) is 11.6. The Morgan fingerprint density at radius 2 is 1.81 bits per heavy atom. The smallest absolute Gasteiger partial charge is 0.278 e. The molecule has 7 nitrogen and oxygen atoms in total. The van der Waals surface area contributed by atoms with Gasteiger partial charge in [0.05, 0.1) is 11.4 Å². The summed E-state index contributed by atoms with van der Waals surface area (Å²) in [6, 6.07) is 14.9. The van der Waals surface area contributed by atoms with Gasteiger partial charge in [0.15, 0.2) is 5.69 Å². The van der Waals surface area contributed by atoms with E-state index in [0.29, 0.717) is 23.0 Å². The quantitative estimate of drug-likeness (QED) is 0.540. The van der Waals surface area contributed by atoms with E-state index in [4.69, 9.17) is 0 Å². The van der Waals surface area contributed by atoms with Gasteiger partial charge in [-0.05, 0) is 62.2 Å². The maximum atomic E-state index is 12.8. The summed E-state index contributed by atoms with van der Waals surface area (Å²) in [5.41, 5.74) is 2.92. The van der Waals surface area contributed by atoms with E-state index in [2.05, 4.69) is 31.6 Å². The van der Waals surface area contributed by atoms with Crippen LogP contribution in [-0.2, 0) is 0 Å². The molecule has 32 heavy (non-hydrogen) atoms. The molecule has 2 aromatic carbocycles. The van der Waals surface area contributed by atoms with Crippen LogP contribution < -0.4 is 5.32 Å². The lowest BCUT2D eigenvalue weighted by Crippen LogP contribution is -2.38. The van der Waals surface area contributed by atoms with Crippen molar-refractivity contribution < 1.29 is 9.59 Å². The van der Waals surface area contributed by atoms with Crippen LogP contribution >= 0.6 is 15.9 Å². The first-order chi connectivity index (χ1) is 15.4. The van der Waals surface area contributed by atoms with Crippen molar-refractivity contribution in [1.29, 1.82) is 0 Å². The fourth-order valence-corrected chi connectivity index (χ4v) is 4.50. The predicted molar refractivity (Wildman–Crippen MR) is 127 cm³/mol. The molecule has 0 spiro atoms. The van der Waals surface area contributed by atoms with Crippen LogP contribution in [0, 0.1) is 6.92 Å². The van der Waals surface area contributed by atoms with E-state index in [1.54, 1.807) is 35.9 Å². The average molecular weight is 496 g/mol. The second-order valence-corrected chi connectivity index (χ2v) is 9.07. The fourth-order valence-electron chi connectivity index (χ4n) is 4.12. The highest BCUT2D eigenvalue weighted by Gasteiger charge is 2.23. The average Bonchev–Trinajstić information content (AvgIpc) is 3.20. The van der Waals surface area contributed by atoms with Crippen LogP contribution in [0.5, 0.6) is 0 Å². The predicted octanol–water partition coefficient (Wildman–Crippen LogP) is 5.00. The Morgan fingerprint density at radius 3 is 2.50 bits per heavy atom. The van der Waals surface area contributed by atoms with Gasteiger partial charge >= 0.3 is 0 Å². The SMILES string of the molecule is Cc1c(C(=O)Nc2ccc(C(=O)N(C)C3CCCCC3)cc2)nnn1-c1cccc(Br)c1. The molecule has 1 aromatic heterocycles. The Bertz CT molecular complexity index is 1120. The summed E-state index contributed by atoms with van der Waals surface area (Å²) in [5.74, 6) is -0.329. The minimum atomic E-state index is -0.345. The van der Waals surface area contributed by atoms with E-state index >= 15 is 0 Å². The van der Waals surface area contributed by atoms with Gasteiger partial charge in [0.1, 0.15) is 0 Å². The van der Waals surface area contributed by atoms with Gasteiger partial charge in [0.2, 0.25) is 0 Å². The number of benzene rings is 2. The molecule has 4 rings (SSSR count). The number of hydrogen-bond donors (Lipinski definition) is 1. The van der Waals surface area contributed by atoms with Crippen LogP contribution in [0.25, 0.3) is 5.69 Å². The van der Waals surface area contributed by atoms with E-state index < -0.39 is 0 Å². The molecule has 1 fully saturated rings. The zero-order valence-electron chi connectivity index (χ0n) is 18.2. The van der Waals surface area contributed by atoms with Crippen molar-refractivity contribution in [3.63, 3.8) is 0 Å². The molecule has 1 heterocycles. The second kappa shape index (κ2) is 9.65. The Morgan fingerprint density at radius 1 is 1.09 bits per heavy atom. The first kappa shape index (κ1) is 22.2. The summed E-state index contributed by atoms with van der Waals surface area (Å²) in [6.07, 6.45) is 5.74. The number of hydrogen-bond acceptors (Lipinski definition) is 4. The highest BCUT2D eigenvalue weighted by atomic mass is 79.9. The number of anilines is 1. The largest absolute Gasteiger partial charge is 0.339 e. The summed E-state index contributed by atoms with van der Waals surface area (Å²) >= 11 is 3.44. The van der Waals surface area contributed by atoms with Gasteiger partial charge in [-0.25, -0.2) is 4.68 Å². The Labute approximate surface area is 195 Å². The topological polar surface area (TPSA) is 80.1 Å². The van der Waals surface area contributed by atoms with Crippen LogP contribution in [0.4, 0.5) is 5.69 Å². The number of nitrogens with zero attached hydrogens (tertiary/aromatic N) is 4. The molecular formula is C24H26BrN5O2. The molecule has 8 heteroatoms. The summed E-state index contributed by atoms with van der Waals surface area (Å²) < 4.78 is 2.54. The molecule has 0 unspecified atom stereocenters. The van der Waals surface area contributed by atoms with Crippen molar-refractivity contribution in [2.45, 2.75) is 45.1 Å². The zero-order chi connectivity index (χ0) is 22.7. The maximum Gasteiger partial charge on any atom is 0.278 e. The normalized spacial score (nSPS) is 14.2. The van der Waals surface area contributed by atoms with E-state index in [9.17, 15) is 9.59 Å². The number of carbonyl (C=O) groups excluding carboxylic acids is 2. The molecule has 0 radical (unpaired) electrons. The number of halogens is 1. The van der Waals surface area contributed by atoms with Crippen molar-refractivity contribution in [3.8, 4) is 5.69 Å². The monoisotopic (exact) mass is 495 g/mol. The number of carbonyl (C=O) groups is 2. The molecule has 166 valence electrons. The van der Waals surface area contributed by atoms with E-state index in [0.717, 1.165) is 23.0 Å². The van der Waals surface area contributed by atoms with Crippen molar-refractivity contribution in [2.75, 3.05) is 12.4 Å². The minimum Gasteiger partial charge on any atom is -0.339 e. The van der Waals surface area contributed by atoms with Crippen molar-refractivity contribution in [1.82, 2.24) is 19.9 Å². The molecule has 2 amide bonds. The van der Waals surface area contributed by atoms with Gasteiger partial charge < -0.3 is 10.2 Å². The number of nitrogens with one attached hydrogen (secondary N) is 1. The molecule has 0 saturated heterocycles. The fraction of sp³-hybridized carbons (Fsp3) is 0.333. The molecule has 0 aliphatic heterocycles. The Kier molecular flexibility index (Phi) is 6.69. The Hall–Kier alpha value is -3.00. The number of amides is 2. The highest BCUT2D eigenvalue weighted by molar-refractivity contribution is 9.10. The number of rotatable bonds is 5. The van der Waals surface area contributed by atoms with E-state index in [-0.39, 0.29) is 17.5 Å². The van der Waals surface area contributed by atoms with Gasteiger partial charge in [-0.1, -0.05) is 46.5 Å². The molecule has 1 saturated carbocycles. The van der Waals surface area contributed by atoms with Crippen LogP contribution in [0.2, 0.25) is 0 Å². The van der Waals surface area contributed by atoms with Crippen molar-refractivity contribution in [2.24, 2.45) is 0 Å². The van der Waals surface area contributed by atoms with Crippen LogP contribution in [0.1, 0.15) is 58.6 Å². The Balaban J connectivity index is 1.43. The minimum absolute atomic E-state index is 0.0163. The van der Waals surface area contributed by atoms with Gasteiger partial charge in [-0.3, -0.25) is 9.59 Å². The van der Waals surface area contributed by atoms with Crippen molar-refractivity contribution >= 4 is 33.4 Å². The molecule has 3 aromatic rings. The summed E-state index contributed by atoms with van der Waals surface area (Å²) in [5, 5.41) is 11.0. The molecule has 1 aliphatic rings. The lowest BCUT2D eigenvalue weighted by Gasteiger charge is -2.31. The summed E-state index contributed by atoms with van der Waals surface area (Å²) in [4.78, 5) is 27.4. The van der Waals surface area contributed by atoms with Crippen LogP contribution in [0.3, 0.4) is 0 Å². The zero-order valence-corrected chi connectivity index (χ0v) is 19.8. The summed E-state index contributed by atoms with van der Waals surface area (Å²) in [6.45, 7) is 1.80. The summed E-state index contributed by atoms with van der Waals surface area (Å²) in [7, 11) is 1.88. The maximum absolute atomic E-state index is 12.8. The van der Waals surface area contributed by atoms with Crippen molar-refractivity contribution in [3.05, 3.63) is 70.0 Å². The van der Waals surface area contributed by atoms with E-state index in [1.165, 1.54) is 19.3 Å². The third kappa shape index (κ3) is 4.75. The highest BCUT2D eigenvalue weighted by Crippen LogP contribution is 2.23. The molecule has 0 atom stereocenters.